The van der Waals surface area contributed by atoms with Crippen LogP contribution in [-0.2, 0) is 16.3 Å². The van der Waals surface area contributed by atoms with Crippen LogP contribution in [0.5, 0.6) is 5.75 Å². The van der Waals surface area contributed by atoms with Crippen molar-refractivity contribution >= 4 is 21.4 Å². The Hall–Kier alpha value is -1.80. The van der Waals surface area contributed by atoms with Gasteiger partial charge in [-0.05, 0) is 57.1 Å². The maximum Gasteiger partial charge on any atom is 0.255 e. The van der Waals surface area contributed by atoms with Crippen molar-refractivity contribution in [3.63, 3.8) is 0 Å². The molecule has 7 nitrogen and oxygen atoms in total. The average Bonchev–Trinajstić information content (AvgIpc) is 3.43. The van der Waals surface area contributed by atoms with Gasteiger partial charge in [-0.3, -0.25) is 9.69 Å². The van der Waals surface area contributed by atoms with Gasteiger partial charge < -0.3 is 15.8 Å². The van der Waals surface area contributed by atoms with E-state index >= 15 is 0 Å². The summed E-state index contributed by atoms with van der Waals surface area (Å²) in [4.78, 5) is 15.6. The molecule has 0 radical (unpaired) electrons. The second kappa shape index (κ2) is 8.14. The van der Waals surface area contributed by atoms with Crippen LogP contribution in [0.4, 0.5) is 5.69 Å². The Morgan fingerprint density at radius 2 is 2.10 bits per heavy atom. The molecule has 1 saturated heterocycles. The van der Waals surface area contributed by atoms with Crippen LogP contribution in [-0.4, -0.2) is 57.3 Å². The maximum atomic E-state index is 13.0. The number of anilines is 1. The number of hydrogen-bond donors (Lipinski definition) is 2. The number of ether oxygens (including phenoxy) is 1. The number of hydrogen-bond acceptors (Lipinski definition) is 6. The maximum absolute atomic E-state index is 13.0. The second-order valence-electron chi connectivity index (χ2n) is 8.44. The van der Waals surface area contributed by atoms with E-state index in [-0.39, 0.29) is 27.8 Å². The highest BCUT2D eigenvalue weighted by Crippen LogP contribution is 2.38. The zero-order chi connectivity index (χ0) is 20.6. The number of sulfone groups is 1. The van der Waals surface area contributed by atoms with E-state index in [0.29, 0.717) is 36.9 Å². The summed E-state index contributed by atoms with van der Waals surface area (Å²) in [5, 5.41) is 3.03. The third-order valence-corrected chi connectivity index (χ3v) is 8.12. The molecule has 4 rings (SSSR count). The summed E-state index contributed by atoms with van der Waals surface area (Å²) in [6.45, 7) is 4.88. The van der Waals surface area contributed by atoms with Crippen molar-refractivity contribution in [1.29, 1.82) is 0 Å². The smallest absolute Gasteiger partial charge is 0.255 e. The van der Waals surface area contributed by atoms with Gasteiger partial charge in [-0.15, -0.1) is 0 Å². The summed E-state index contributed by atoms with van der Waals surface area (Å²) in [5.74, 6) is 0.929. The summed E-state index contributed by atoms with van der Waals surface area (Å²) in [6.07, 6.45) is 6.25. The highest BCUT2D eigenvalue weighted by Gasteiger charge is 2.32. The fourth-order valence-corrected chi connectivity index (χ4v) is 5.50. The zero-order valence-corrected chi connectivity index (χ0v) is 17.9. The number of fused-ring (bicyclic) bond motifs is 1. The number of nitrogens with one attached hydrogen (secondary N) is 1. The van der Waals surface area contributed by atoms with Gasteiger partial charge in [0.15, 0.2) is 9.84 Å². The lowest BCUT2D eigenvalue weighted by atomic mass is 9.99. The lowest BCUT2D eigenvalue weighted by Gasteiger charge is -2.26. The van der Waals surface area contributed by atoms with Crippen LogP contribution in [0.3, 0.4) is 0 Å². The van der Waals surface area contributed by atoms with E-state index in [9.17, 15) is 13.2 Å². The third kappa shape index (κ3) is 4.23. The van der Waals surface area contributed by atoms with Crippen LogP contribution >= 0.6 is 0 Å². The molecule has 1 unspecified atom stereocenters. The van der Waals surface area contributed by atoms with Crippen molar-refractivity contribution in [2.24, 2.45) is 5.92 Å². The molecule has 1 saturated carbocycles. The Bertz CT molecular complexity index is 896. The molecule has 29 heavy (non-hydrogen) atoms. The van der Waals surface area contributed by atoms with E-state index in [1.54, 1.807) is 6.92 Å². The van der Waals surface area contributed by atoms with Crippen molar-refractivity contribution in [2.75, 3.05) is 37.7 Å². The van der Waals surface area contributed by atoms with Gasteiger partial charge in [0.05, 0.1) is 28.5 Å². The number of rotatable bonds is 7. The monoisotopic (exact) mass is 421 g/mol. The summed E-state index contributed by atoms with van der Waals surface area (Å²) >= 11 is 0. The first-order chi connectivity index (χ1) is 13.9. The van der Waals surface area contributed by atoms with Crippen LogP contribution in [0.15, 0.2) is 11.0 Å². The first-order valence-corrected chi connectivity index (χ1v) is 12.4. The number of nitrogen functional groups attached to an aromatic ring is 1. The fourth-order valence-electron chi connectivity index (χ4n) is 4.43. The normalized spacial score (nSPS) is 22.2. The number of nitrogens with two attached hydrogens (primary N) is 1. The Balaban J connectivity index is 1.56. The molecule has 2 fully saturated rings. The van der Waals surface area contributed by atoms with Gasteiger partial charge in [-0.25, -0.2) is 8.42 Å². The van der Waals surface area contributed by atoms with E-state index in [0.717, 1.165) is 38.3 Å². The summed E-state index contributed by atoms with van der Waals surface area (Å²) < 4.78 is 30.8. The fraction of sp³-hybridized carbons (Fsp3) is 0.667. The molecule has 2 heterocycles. The Morgan fingerprint density at radius 3 is 2.83 bits per heavy atom. The van der Waals surface area contributed by atoms with Crippen LogP contribution in [0.1, 0.15) is 54.9 Å². The van der Waals surface area contributed by atoms with Gasteiger partial charge in [0.1, 0.15) is 5.75 Å². The Morgan fingerprint density at radius 1 is 1.31 bits per heavy atom. The van der Waals surface area contributed by atoms with Crippen molar-refractivity contribution in [1.82, 2.24) is 10.2 Å². The summed E-state index contributed by atoms with van der Waals surface area (Å²) in [6, 6.07) is 1.76. The predicted octanol–water partition coefficient (Wildman–Crippen LogP) is 1.99. The highest BCUT2D eigenvalue weighted by molar-refractivity contribution is 7.91. The van der Waals surface area contributed by atoms with Crippen molar-refractivity contribution < 1.29 is 17.9 Å². The standard InChI is InChI=1S/C21H31N3O4S/c1-2-29(26,27)18-11-17(20-16(19(18)22)6-4-10-28-20)21(25)23-12-15-5-3-9-24(15)13-14-7-8-14/h11,14-15H,2-10,12-13,22H2,1H3,(H,23,25). The van der Waals surface area contributed by atoms with E-state index in [2.05, 4.69) is 10.2 Å². The molecule has 0 aromatic heterocycles. The van der Waals surface area contributed by atoms with Crippen LogP contribution in [0, 0.1) is 5.92 Å². The first kappa shape index (κ1) is 20.5. The lowest BCUT2D eigenvalue weighted by Crippen LogP contribution is -2.41. The zero-order valence-electron chi connectivity index (χ0n) is 17.1. The molecule has 3 N–H and O–H groups in total. The number of likely N-dealkylation sites (tertiary alicyclic amines) is 1. The third-order valence-electron chi connectivity index (χ3n) is 6.35. The van der Waals surface area contributed by atoms with Gasteiger partial charge in [0, 0.05) is 24.7 Å². The van der Waals surface area contributed by atoms with Gasteiger partial charge in [0.2, 0.25) is 0 Å². The Kier molecular flexibility index (Phi) is 5.75. The molecule has 3 aliphatic rings. The van der Waals surface area contributed by atoms with Crippen molar-refractivity contribution in [3.8, 4) is 5.75 Å². The minimum atomic E-state index is -3.53. The average molecular weight is 422 g/mol. The molecular weight excluding hydrogens is 390 g/mol. The molecule has 8 heteroatoms. The highest BCUT2D eigenvalue weighted by atomic mass is 32.2. The van der Waals surface area contributed by atoms with Crippen LogP contribution < -0.4 is 15.8 Å². The number of amides is 1. The molecule has 1 aliphatic carbocycles. The lowest BCUT2D eigenvalue weighted by molar-refractivity contribution is 0.0935. The van der Waals surface area contributed by atoms with E-state index in [4.69, 9.17) is 10.5 Å². The SMILES string of the molecule is CCS(=O)(=O)c1cc(C(=O)NCC2CCCN2CC2CC2)c2c(c1N)CCCO2. The minimum Gasteiger partial charge on any atom is -0.492 e. The summed E-state index contributed by atoms with van der Waals surface area (Å²) in [5.41, 5.74) is 7.34. The molecular formula is C21H31N3O4S. The van der Waals surface area contributed by atoms with Crippen molar-refractivity contribution in [2.45, 2.75) is 56.4 Å². The van der Waals surface area contributed by atoms with Gasteiger partial charge in [0.25, 0.3) is 5.91 Å². The molecule has 1 aromatic carbocycles. The molecule has 160 valence electrons. The van der Waals surface area contributed by atoms with E-state index in [1.165, 1.54) is 18.9 Å². The van der Waals surface area contributed by atoms with Gasteiger partial charge >= 0.3 is 0 Å². The molecule has 2 aliphatic heterocycles. The van der Waals surface area contributed by atoms with Crippen molar-refractivity contribution in [3.05, 3.63) is 17.2 Å². The number of benzene rings is 1. The van der Waals surface area contributed by atoms with Gasteiger partial charge in [-0.1, -0.05) is 6.92 Å². The topological polar surface area (TPSA) is 102 Å². The number of nitrogens with zero attached hydrogens (tertiary/aromatic N) is 1. The second-order valence-corrected chi connectivity index (χ2v) is 10.7. The molecule has 0 bridgehead atoms. The molecule has 1 atom stereocenters. The quantitative estimate of drug-likeness (QED) is 0.653. The predicted molar refractivity (Wildman–Crippen MR) is 112 cm³/mol. The van der Waals surface area contributed by atoms with Gasteiger partial charge in [-0.2, -0.15) is 0 Å². The molecule has 1 aromatic rings. The number of carbonyl (C=O) groups excluding carboxylic acids is 1. The van der Waals surface area contributed by atoms with E-state index in [1.807, 2.05) is 0 Å². The van der Waals surface area contributed by atoms with Crippen LogP contribution in [0.25, 0.3) is 0 Å². The Labute approximate surface area is 172 Å². The summed E-state index contributed by atoms with van der Waals surface area (Å²) in [7, 11) is -3.53. The van der Waals surface area contributed by atoms with E-state index < -0.39 is 9.84 Å². The largest absolute Gasteiger partial charge is 0.492 e. The number of carbonyl (C=O) groups is 1. The van der Waals surface area contributed by atoms with Crippen LogP contribution in [0.2, 0.25) is 0 Å². The first-order valence-electron chi connectivity index (χ1n) is 10.7. The molecule has 0 spiro atoms. The minimum absolute atomic E-state index is 0.0469. The molecule has 1 amide bonds.